The van der Waals surface area contributed by atoms with Gasteiger partial charge in [-0.1, -0.05) is 30.4 Å². The van der Waals surface area contributed by atoms with Crippen LogP contribution in [0.15, 0.2) is 47.9 Å². The number of para-hydroxylation sites is 1. The molecule has 31 heavy (non-hydrogen) atoms. The van der Waals surface area contributed by atoms with E-state index in [1.165, 1.54) is 11.3 Å². The highest BCUT2D eigenvalue weighted by Gasteiger charge is 2.43. The van der Waals surface area contributed by atoms with Crippen LogP contribution in [0.3, 0.4) is 0 Å². The van der Waals surface area contributed by atoms with E-state index in [0.717, 1.165) is 17.8 Å². The monoisotopic (exact) mass is 445 g/mol. The highest BCUT2D eigenvalue weighted by molar-refractivity contribution is 7.09. The third-order valence-electron chi connectivity index (χ3n) is 6.06. The highest BCUT2D eigenvalue weighted by Crippen LogP contribution is 2.43. The van der Waals surface area contributed by atoms with Crippen LogP contribution in [-0.2, 0) is 4.74 Å². The van der Waals surface area contributed by atoms with Crippen molar-refractivity contribution in [2.75, 3.05) is 13.2 Å². The predicted octanol–water partition coefficient (Wildman–Crippen LogP) is 3.10. The summed E-state index contributed by atoms with van der Waals surface area (Å²) in [7, 11) is 0. The second kappa shape index (κ2) is 9.91. The van der Waals surface area contributed by atoms with E-state index >= 15 is 0 Å². The molecule has 1 aromatic carbocycles. The number of carboxylic acids is 1. The number of carbonyl (C=O) groups is 1. The van der Waals surface area contributed by atoms with E-state index in [1.54, 1.807) is 11.5 Å². The number of aromatic carboxylic acids is 1. The maximum atomic E-state index is 11.1. The molecule has 2 heterocycles. The normalized spacial score (nSPS) is 29.4. The molecular formula is C23H27NO6S. The molecule has 8 heteroatoms. The van der Waals surface area contributed by atoms with Crippen LogP contribution in [0.4, 0.5) is 0 Å². The average Bonchev–Trinajstić information content (AvgIpc) is 3.31. The number of ether oxygens (including phenoxy) is 2. The summed E-state index contributed by atoms with van der Waals surface area (Å²) in [6.07, 6.45) is 4.49. The fraction of sp³-hybridized carbons (Fsp3) is 0.478. The minimum atomic E-state index is -1.02. The Bertz CT molecular complexity index is 900. The first kappa shape index (κ1) is 22.0. The molecule has 1 saturated carbocycles. The van der Waals surface area contributed by atoms with Crippen molar-refractivity contribution < 1.29 is 29.6 Å². The number of rotatable bonds is 7. The molecule has 1 aromatic heterocycles. The van der Waals surface area contributed by atoms with E-state index in [-0.39, 0.29) is 36.2 Å². The molecule has 2 aromatic rings. The molecular weight excluding hydrogens is 418 g/mol. The topological polar surface area (TPSA) is 109 Å². The molecule has 166 valence electrons. The van der Waals surface area contributed by atoms with Gasteiger partial charge in [0.15, 0.2) is 5.69 Å². The van der Waals surface area contributed by atoms with Gasteiger partial charge in [-0.25, -0.2) is 9.78 Å². The Morgan fingerprint density at radius 2 is 2.13 bits per heavy atom. The van der Waals surface area contributed by atoms with Crippen LogP contribution >= 0.6 is 11.3 Å². The van der Waals surface area contributed by atoms with Crippen LogP contribution in [0, 0.1) is 11.8 Å². The second-order valence-electron chi connectivity index (χ2n) is 8.14. The number of thiazole rings is 1. The Balaban J connectivity index is 1.35. The van der Waals surface area contributed by atoms with Gasteiger partial charge < -0.3 is 24.8 Å². The van der Waals surface area contributed by atoms with E-state index in [2.05, 4.69) is 4.98 Å². The minimum Gasteiger partial charge on any atom is -0.491 e. The Morgan fingerprint density at radius 1 is 1.32 bits per heavy atom. The van der Waals surface area contributed by atoms with Crippen LogP contribution in [0.2, 0.25) is 0 Å². The van der Waals surface area contributed by atoms with Crippen molar-refractivity contribution in [2.45, 2.75) is 43.5 Å². The average molecular weight is 446 g/mol. The number of hydrogen-bond donors (Lipinski definition) is 3. The zero-order chi connectivity index (χ0) is 21.8. The van der Waals surface area contributed by atoms with E-state index in [1.807, 2.05) is 36.4 Å². The molecule has 0 radical (unpaired) electrons. The van der Waals surface area contributed by atoms with Crippen molar-refractivity contribution >= 4 is 17.3 Å². The van der Waals surface area contributed by atoms with Gasteiger partial charge in [-0.3, -0.25) is 0 Å². The van der Waals surface area contributed by atoms with Crippen molar-refractivity contribution in [2.24, 2.45) is 11.8 Å². The molecule has 0 unspecified atom stereocenters. The lowest BCUT2D eigenvalue weighted by atomic mass is 9.87. The SMILES string of the molecule is O=C(O)c1csc([C@H]2CC[C@@H]3[C@@H](/C=C/[C@@H](O)COc4ccccc4)[C@H](O)C[C@@H]3OC2)n1. The van der Waals surface area contributed by atoms with Crippen LogP contribution < -0.4 is 4.74 Å². The lowest BCUT2D eigenvalue weighted by Gasteiger charge is -2.21. The lowest BCUT2D eigenvalue weighted by molar-refractivity contribution is 0.0286. The molecule has 0 amide bonds. The molecule has 4 rings (SSSR count). The molecule has 1 aliphatic heterocycles. The van der Waals surface area contributed by atoms with Crippen molar-refractivity contribution in [1.29, 1.82) is 0 Å². The van der Waals surface area contributed by atoms with Crippen molar-refractivity contribution in [3.63, 3.8) is 0 Å². The Labute approximate surface area is 185 Å². The predicted molar refractivity (Wildman–Crippen MR) is 115 cm³/mol. The second-order valence-corrected chi connectivity index (χ2v) is 9.03. The van der Waals surface area contributed by atoms with Gasteiger partial charge in [0.1, 0.15) is 18.5 Å². The number of benzene rings is 1. The van der Waals surface area contributed by atoms with E-state index < -0.39 is 18.2 Å². The first-order valence-electron chi connectivity index (χ1n) is 10.5. The van der Waals surface area contributed by atoms with Gasteiger partial charge in [0, 0.05) is 23.6 Å². The quantitative estimate of drug-likeness (QED) is 0.562. The lowest BCUT2D eigenvalue weighted by Crippen LogP contribution is -2.22. The highest BCUT2D eigenvalue weighted by atomic mass is 32.1. The van der Waals surface area contributed by atoms with Gasteiger partial charge in [0.25, 0.3) is 0 Å². The molecule has 1 aliphatic carbocycles. The molecule has 0 spiro atoms. The van der Waals surface area contributed by atoms with Crippen LogP contribution in [0.25, 0.3) is 0 Å². The van der Waals surface area contributed by atoms with Crippen molar-refractivity contribution in [3.8, 4) is 5.75 Å². The van der Waals surface area contributed by atoms with Crippen molar-refractivity contribution in [1.82, 2.24) is 4.98 Å². The van der Waals surface area contributed by atoms with Crippen LogP contribution in [-0.4, -0.2) is 57.8 Å². The van der Waals surface area contributed by atoms with Gasteiger partial charge in [0.05, 0.1) is 23.8 Å². The van der Waals surface area contributed by atoms with Gasteiger partial charge in [-0.05, 0) is 30.9 Å². The summed E-state index contributed by atoms with van der Waals surface area (Å²) >= 11 is 1.36. The number of aliphatic hydroxyl groups is 2. The zero-order valence-corrected chi connectivity index (χ0v) is 17.9. The van der Waals surface area contributed by atoms with E-state index in [4.69, 9.17) is 14.6 Å². The van der Waals surface area contributed by atoms with Crippen LogP contribution in [0.1, 0.15) is 40.7 Å². The fourth-order valence-corrected chi connectivity index (χ4v) is 5.35. The molecule has 3 N–H and O–H groups in total. The Hall–Kier alpha value is -2.26. The molecule has 0 bridgehead atoms. The first-order chi connectivity index (χ1) is 15.0. The Kier molecular flexibility index (Phi) is 7.02. The first-order valence-corrected chi connectivity index (χ1v) is 11.4. The summed E-state index contributed by atoms with van der Waals surface area (Å²) in [4.78, 5) is 15.3. The molecule has 1 saturated heterocycles. The summed E-state index contributed by atoms with van der Waals surface area (Å²) in [5.41, 5.74) is 0.0763. The van der Waals surface area contributed by atoms with E-state index in [9.17, 15) is 15.0 Å². The summed E-state index contributed by atoms with van der Waals surface area (Å²) in [6, 6.07) is 9.33. The molecule has 2 fully saturated rings. The third kappa shape index (κ3) is 5.33. The van der Waals surface area contributed by atoms with Gasteiger partial charge in [-0.15, -0.1) is 11.3 Å². The summed E-state index contributed by atoms with van der Waals surface area (Å²) in [5.74, 6) is -0.196. The summed E-state index contributed by atoms with van der Waals surface area (Å²) in [5, 5.41) is 32.3. The largest absolute Gasteiger partial charge is 0.491 e. The maximum absolute atomic E-state index is 11.1. The third-order valence-corrected chi connectivity index (χ3v) is 7.07. The molecule has 6 atom stereocenters. The van der Waals surface area contributed by atoms with Gasteiger partial charge in [-0.2, -0.15) is 0 Å². The maximum Gasteiger partial charge on any atom is 0.355 e. The van der Waals surface area contributed by atoms with E-state index in [0.29, 0.717) is 18.8 Å². The Morgan fingerprint density at radius 3 is 2.87 bits per heavy atom. The minimum absolute atomic E-state index is 0.0498. The number of nitrogens with zero attached hydrogens (tertiary/aromatic N) is 1. The summed E-state index contributed by atoms with van der Waals surface area (Å²) in [6.45, 7) is 0.621. The summed E-state index contributed by atoms with van der Waals surface area (Å²) < 4.78 is 11.7. The molecule has 7 nitrogen and oxygen atoms in total. The van der Waals surface area contributed by atoms with Crippen LogP contribution in [0.5, 0.6) is 5.75 Å². The number of aromatic nitrogens is 1. The number of carboxylic acid groups (broad SMARTS) is 1. The fourth-order valence-electron chi connectivity index (χ4n) is 4.44. The zero-order valence-electron chi connectivity index (χ0n) is 17.0. The number of fused-ring (bicyclic) bond motifs is 1. The standard InChI is InChI=1S/C23H27NO6S/c25-15(12-29-16-4-2-1-3-5-16)7-9-17-18-8-6-14(11-30-21(18)10-20(17)26)22-24-19(13-31-22)23(27)28/h1-5,7,9,13-15,17-18,20-21,25-26H,6,8,10-12H2,(H,27,28)/b9-7+/t14-,15+,17+,18+,20+,21-/m0/s1. The van der Waals surface area contributed by atoms with Gasteiger partial charge in [0.2, 0.25) is 0 Å². The molecule has 2 aliphatic rings. The number of hydrogen-bond acceptors (Lipinski definition) is 7. The van der Waals surface area contributed by atoms with Crippen molar-refractivity contribution in [3.05, 3.63) is 58.6 Å². The smallest absolute Gasteiger partial charge is 0.355 e. The number of aliphatic hydroxyl groups excluding tert-OH is 2. The van der Waals surface area contributed by atoms with Gasteiger partial charge >= 0.3 is 5.97 Å².